The van der Waals surface area contributed by atoms with Gasteiger partial charge in [-0.05, 0) is 12.1 Å². The van der Waals surface area contributed by atoms with Gasteiger partial charge in [0.25, 0.3) is 5.09 Å². The number of hydrogen-bond acceptors (Lipinski definition) is 5. The number of nitrogens with two attached hydrogens (primary N) is 2. The summed E-state index contributed by atoms with van der Waals surface area (Å²) >= 11 is 0. The number of aromatic hydroxyl groups is 1. The lowest BCUT2D eigenvalue weighted by Gasteiger charge is -1.96. The summed E-state index contributed by atoms with van der Waals surface area (Å²) in [6.07, 6.45) is 0. The molecule has 6 N–H and O–H groups in total. The van der Waals surface area contributed by atoms with E-state index in [0.717, 1.165) is 6.07 Å². The van der Waals surface area contributed by atoms with Crippen LogP contribution in [0.3, 0.4) is 0 Å². The molecule has 0 aliphatic heterocycles. The fourth-order valence-corrected chi connectivity index (χ4v) is 0.626. The maximum atomic E-state index is 9.78. The maximum Gasteiger partial charge on any atom is 0.299 e. The van der Waals surface area contributed by atoms with Crippen LogP contribution in [0, 0.1) is 15.5 Å². The molecule has 0 aromatic heterocycles. The van der Waals surface area contributed by atoms with Gasteiger partial charge >= 0.3 is 0 Å². The van der Waals surface area contributed by atoms with Crippen LogP contribution in [0.2, 0.25) is 0 Å². The fraction of sp³-hybridized carbons (Fsp3) is 0. The highest BCUT2D eigenvalue weighted by Crippen LogP contribution is 2.17. The van der Waals surface area contributed by atoms with E-state index in [0.29, 0.717) is 0 Å². The predicted octanol–water partition coefficient (Wildman–Crippen LogP) is -0.199. The summed E-state index contributed by atoms with van der Waals surface area (Å²) in [5.41, 5.74) is 8.94. The highest BCUT2D eigenvalue weighted by atomic mass is 17.0. The van der Waals surface area contributed by atoms with Gasteiger partial charge in [0.05, 0.1) is 0 Å². The quantitative estimate of drug-likeness (QED) is 0.232. The number of phenolic OH excluding ortho intramolecular Hbond substituents is 1. The Labute approximate surface area is 84.7 Å². The lowest BCUT2D eigenvalue weighted by molar-refractivity contribution is -0.711. The van der Waals surface area contributed by atoms with Crippen LogP contribution in [0.5, 0.6) is 11.5 Å². The highest BCUT2D eigenvalue weighted by Gasteiger charge is 1.98. The number of guanidine groups is 1. The molecule has 15 heavy (non-hydrogen) atoms. The van der Waals surface area contributed by atoms with Crippen molar-refractivity contribution < 1.29 is 15.0 Å². The summed E-state index contributed by atoms with van der Waals surface area (Å²) in [4.78, 5) is 13.8. The Morgan fingerprint density at radius 2 is 2.07 bits per heavy atom. The summed E-state index contributed by atoms with van der Waals surface area (Å²) in [5, 5.41) is 23.7. The first-order valence-electron chi connectivity index (χ1n) is 3.62. The second-order valence-corrected chi connectivity index (χ2v) is 2.27. The third-order valence-electron chi connectivity index (χ3n) is 0.998. The van der Waals surface area contributed by atoms with E-state index >= 15 is 0 Å². The Balaban J connectivity index is 0.000000423. The molecule has 0 radical (unpaired) electrons. The van der Waals surface area contributed by atoms with Crippen LogP contribution in [-0.2, 0) is 0 Å². The Bertz CT molecular complexity index is 351. The summed E-state index contributed by atoms with van der Waals surface area (Å²) in [5.74, 6) is -0.389. The molecular weight excluding hydrogens is 204 g/mol. The minimum Gasteiger partial charge on any atom is -0.508 e. The van der Waals surface area contributed by atoms with Gasteiger partial charge in [0, 0.05) is 6.07 Å². The van der Waals surface area contributed by atoms with Crippen molar-refractivity contribution in [3.8, 4) is 11.5 Å². The zero-order valence-electron chi connectivity index (χ0n) is 7.58. The van der Waals surface area contributed by atoms with Crippen molar-refractivity contribution in [1.82, 2.24) is 0 Å². The molecular formula is C7H10N4O4. The second kappa shape index (κ2) is 6.02. The maximum absolute atomic E-state index is 9.78. The van der Waals surface area contributed by atoms with E-state index in [2.05, 4.69) is 16.3 Å². The number of nitrogens with one attached hydrogen (secondary N) is 1. The van der Waals surface area contributed by atoms with E-state index in [1.807, 2.05) is 0 Å². The highest BCUT2D eigenvalue weighted by molar-refractivity contribution is 5.71. The number of nitrogens with zero attached hydrogens (tertiary/aromatic N) is 1. The zero-order chi connectivity index (χ0) is 11.8. The van der Waals surface area contributed by atoms with Crippen molar-refractivity contribution >= 4 is 5.96 Å². The van der Waals surface area contributed by atoms with Crippen molar-refractivity contribution in [2.45, 2.75) is 0 Å². The van der Waals surface area contributed by atoms with Gasteiger partial charge in [-0.15, -0.1) is 10.1 Å². The molecule has 0 amide bonds. The van der Waals surface area contributed by atoms with Gasteiger partial charge < -0.3 is 16.6 Å². The molecule has 0 saturated carbocycles. The Hall–Kier alpha value is -2.51. The third kappa shape index (κ3) is 7.84. The molecule has 1 aromatic carbocycles. The summed E-state index contributed by atoms with van der Waals surface area (Å²) in [7, 11) is 0. The lowest BCUT2D eigenvalue weighted by atomic mass is 10.3. The van der Waals surface area contributed by atoms with Gasteiger partial charge in [-0.25, -0.2) is 0 Å². The molecule has 1 rings (SSSR count). The van der Waals surface area contributed by atoms with Crippen LogP contribution < -0.4 is 16.3 Å². The van der Waals surface area contributed by atoms with Crippen molar-refractivity contribution in [1.29, 1.82) is 5.41 Å². The van der Waals surface area contributed by atoms with Crippen molar-refractivity contribution in [2.24, 2.45) is 11.5 Å². The van der Waals surface area contributed by atoms with Crippen LogP contribution in [0.15, 0.2) is 24.3 Å². The molecule has 0 fully saturated rings. The molecule has 8 heteroatoms. The minimum atomic E-state index is -0.936. The normalized spacial score (nSPS) is 8.27. The van der Waals surface area contributed by atoms with Gasteiger partial charge in [-0.3, -0.25) is 10.2 Å². The van der Waals surface area contributed by atoms with Crippen LogP contribution in [0.4, 0.5) is 0 Å². The number of phenols is 1. The molecule has 8 nitrogen and oxygen atoms in total. The van der Waals surface area contributed by atoms with E-state index < -0.39 is 5.09 Å². The van der Waals surface area contributed by atoms with E-state index in [1.54, 1.807) is 0 Å². The van der Waals surface area contributed by atoms with Crippen molar-refractivity contribution in [2.75, 3.05) is 0 Å². The Morgan fingerprint density at radius 1 is 1.53 bits per heavy atom. The topological polar surface area (TPSA) is 148 Å². The monoisotopic (exact) mass is 214 g/mol. The lowest BCUT2D eigenvalue weighted by Crippen LogP contribution is -2.20. The first-order chi connectivity index (χ1) is 6.91. The smallest absolute Gasteiger partial charge is 0.299 e. The van der Waals surface area contributed by atoms with E-state index in [9.17, 15) is 10.1 Å². The summed E-state index contributed by atoms with van der Waals surface area (Å²) in [6, 6.07) is 5.38. The van der Waals surface area contributed by atoms with Gasteiger partial charge in [-0.2, -0.15) is 0 Å². The first kappa shape index (κ1) is 12.5. The number of benzene rings is 1. The largest absolute Gasteiger partial charge is 0.508 e. The van der Waals surface area contributed by atoms with Crippen LogP contribution in [-0.4, -0.2) is 16.2 Å². The molecule has 0 heterocycles. The molecule has 82 valence electrons. The van der Waals surface area contributed by atoms with Crippen molar-refractivity contribution in [3.63, 3.8) is 0 Å². The number of hydrogen-bond donors (Lipinski definition) is 4. The molecule has 0 aliphatic rings. The van der Waals surface area contributed by atoms with E-state index in [-0.39, 0.29) is 17.5 Å². The molecule has 0 aliphatic carbocycles. The van der Waals surface area contributed by atoms with Crippen molar-refractivity contribution in [3.05, 3.63) is 34.4 Å². The van der Waals surface area contributed by atoms with Crippen LogP contribution in [0.25, 0.3) is 0 Å². The van der Waals surface area contributed by atoms with Gasteiger partial charge in [0.1, 0.15) is 11.5 Å². The first-order valence-corrected chi connectivity index (χ1v) is 3.62. The van der Waals surface area contributed by atoms with Crippen LogP contribution >= 0.6 is 0 Å². The molecule has 0 atom stereocenters. The fourth-order valence-electron chi connectivity index (χ4n) is 0.626. The Morgan fingerprint density at radius 3 is 2.47 bits per heavy atom. The molecule has 0 unspecified atom stereocenters. The molecule has 0 bridgehead atoms. The predicted molar refractivity (Wildman–Crippen MR) is 51.8 cm³/mol. The SMILES string of the molecule is N=C(N)N.O=[N+]([O-])Oc1cccc(O)c1. The standard InChI is InChI=1S/C6H5NO4.CH5N3/c8-5-2-1-3-6(4-5)11-7(9)10;2-1(3)4/h1-4,8H;(H5,2,3,4). The number of rotatable bonds is 2. The van der Waals surface area contributed by atoms with E-state index in [4.69, 9.17) is 10.5 Å². The molecule has 1 aromatic rings. The third-order valence-corrected chi connectivity index (χ3v) is 0.998. The summed E-state index contributed by atoms with van der Waals surface area (Å²) in [6.45, 7) is 0. The zero-order valence-corrected chi connectivity index (χ0v) is 7.58. The van der Waals surface area contributed by atoms with E-state index in [1.165, 1.54) is 18.2 Å². The Kier molecular flexibility index (Phi) is 5.01. The second-order valence-electron chi connectivity index (χ2n) is 2.27. The average Bonchev–Trinajstić information content (AvgIpc) is 2.00. The molecule has 0 spiro atoms. The van der Waals surface area contributed by atoms with Gasteiger partial charge in [0.15, 0.2) is 5.96 Å². The van der Waals surface area contributed by atoms with Crippen LogP contribution in [0.1, 0.15) is 0 Å². The minimum absolute atomic E-state index is 0.00926. The van der Waals surface area contributed by atoms with Gasteiger partial charge in [-0.1, -0.05) is 6.07 Å². The van der Waals surface area contributed by atoms with Gasteiger partial charge in [0.2, 0.25) is 0 Å². The molecule has 0 saturated heterocycles. The summed E-state index contributed by atoms with van der Waals surface area (Å²) < 4.78 is 0. The average molecular weight is 214 g/mol.